The van der Waals surface area contributed by atoms with Gasteiger partial charge in [-0.3, -0.25) is 9.36 Å². The summed E-state index contributed by atoms with van der Waals surface area (Å²) in [5, 5.41) is 11.5. The van der Waals surface area contributed by atoms with Crippen molar-refractivity contribution in [2.75, 3.05) is 18.2 Å². The van der Waals surface area contributed by atoms with Crippen molar-refractivity contribution in [1.29, 1.82) is 0 Å². The smallest absolute Gasteiger partial charge is 0.416 e. The molecule has 0 aliphatic carbocycles. The highest BCUT2D eigenvalue weighted by Crippen LogP contribution is 2.31. The molecule has 0 spiro atoms. The molecule has 0 bridgehead atoms. The van der Waals surface area contributed by atoms with Gasteiger partial charge in [0.25, 0.3) is 0 Å². The Morgan fingerprint density at radius 3 is 2.38 bits per heavy atom. The molecule has 1 heterocycles. The Kier molecular flexibility index (Phi) is 8.02. The number of nitrogens with zero attached hydrogens (tertiary/aromatic N) is 3. The maximum absolute atomic E-state index is 13.0. The molecule has 0 aliphatic rings. The van der Waals surface area contributed by atoms with Gasteiger partial charge in [0.15, 0.2) is 17.1 Å². The van der Waals surface area contributed by atoms with Crippen LogP contribution in [0.15, 0.2) is 84.0 Å². The molecule has 11 heteroatoms. The van der Waals surface area contributed by atoms with Crippen molar-refractivity contribution >= 4 is 23.4 Å². The largest absolute Gasteiger partial charge is 0.497 e. The highest BCUT2D eigenvalue weighted by Gasteiger charge is 2.30. The zero-order chi connectivity index (χ0) is 26.4. The van der Waals surface area contributed by atoms with Gasteiger partial charge in [-0.2, -0.15) is 13.2 Å². The van der Waals surface area contributed by atoms with Crippen LogP contribution in [0.5, 0.6) is 11.5 Å². The van der Waals surface area contributed by atoms with Crippen LogP contribution < -0.4 is 14.8 Å². The minimum Gasteiger partial charge on any atom is -0.497 e. The molecule has 0 aliphatic heterocycles. The molecule has 0 saturated carbocycles. The molecule has 7 nitrogen and oxygen atoms in total. The van der Waals surface area contributed by atoms with Gasteiger partial charge in [-0.05, 0) is 61.5 Å². The quantitative estimate of drug-likeness (QED) is 0.262. The summed E-state index contributed by atoms with van der Waals surface area (Å²) in [6.07, 6.45) is -4.99. The second kappa shape index (κ2) is 11.4. The van der Waals surface area contributed by atoms with Gasteiger partial charge < -0.3 is 14.8 Å². The average molecular weight is 529 g/mol. The van der Waals surface area contributed by atoms with Gasteiger partial charge in [0.2, 0.25) is 5.91 Å². The fourth-order valence-corrected chi connectivity index (χ4v) is 4.23. The van der Waals surface area contributed by atoms with E-state index < -0.39 is 23.8 Å². The number of anilines is 1. The Morgan fingerprint density at radius 2 is 1.70 bits per heavy atom. The lowest BCUT2D eigenvalue weighted by molar-refractivity contribution is -0.137. The molecule has 1 atom stereocenters. The lowest BCUT2D eigenvalue weighted by Crippen LogP contribution is -2.16. The van der Waals surface area contributed by atoms with E-state index in [-0.39, 0.29) is 11.4 Å². The number of carbonyl (C=O) groups excluding carboxylic acids is 1. The number of halogens is 3. The molecule has 1 unspecified atom stereocenters. The van der Waals surface area contributed by atoms with Crippen molar-refractivity contribution in [3.8, 4) is 17.2 Å². The minimum atomic E-state index is -4.50. The summed E-state index contributed by atoms with van der Waals surface area (Å²) >= 11 is 1.11. The average Bonchev–Trinajstić information content (AvgIpc) is 3.32. The van der Waals surface area contributed by atoms with Crippen LogP contribution in [-0.2, 0) is 11.0 Å². The van der Waals surface area contributed by atoms with Gasteiger partial charge in [-0.25, -0.2) is 0 Å². The molecule has 0 fully saturated rings. The predicted octanol–water partition coefficient (Wildman–Crippen LogP) is 6.17. The van der Waals surface area contributed by atoms with Gasteiger partial charge in [0, 0.05) is 11.4 Å². The van der Waals surface area contributed by atoms with Crippen molar-refractivity contribution in [3.05, 3.63) is 90.3 Å². The summed E-state index contributed by atoms with van der Waals surface area (Å²) in [6, 6.07) is 21.0. The normalized spacial score (nSPS) is 12.1. The van der Waals surface area contributed by atoms with Crippen molar-refractivity contribution in [2.45, 2.75) is 24.4 Å². The fourth-order valence-electron chi connectivity index (χ4n) is 3.47. The molecule has 37 heavy (non-hydrogen) atoms. The van der Waals surface area contributed by atoms with Crippen LogP contribution in [0.25, 0.3) is 5.69 Å². The van der Waals surface area contributed by atoms with Crippen molar-refractivity contribution < 1.29 is 27.4 Å². The van der Waals surface area contributed by atoms with Gasteiger partial charge in [0.1, 0.15) is 11.5 Å². The summed E-state index contributed by atoms with van der Waals surface area (Å²) in [5.41, 5.74) is -0.00196. The minimum absolute atomic E-state index is 0.0622. The summed E-state index contributed by atoms with van der Waals surface area (Å²) in [7, 11) is 1.58. The number of nitrogens with one attached hydrogen (secondary N) is 1. The fraction of sp³-hybridized carbons (Fsp3) is 0.192. The number of rotatable bonds is 9. The number of carbonyl (C=O) groups is 1. The summed E-state index contributed by atoms with van der Waals surface area (Å²) in [5.74, 6) is 1.27. The first-order chi connectivity index (χ1) is 17.7. The third-order valence-electron chi connectivity index (χ3n) is 5.21. The highest BCUT2D eigenvalue weighted by molar-refractivity contribution is 7.99. The van der Waals surface area contributed by atoms with Gasteiger partial charge in [0.05, 0.1) is 18.4 Å². The SMILES string of the molecule is COc1ccc(OC(C)c2nnc(SCC(=O)Nc3cccc(C(F)(F)F)c3)n2-c2ccccc2)cc1. The lowest BCUT2D eigenvalue weighted by Gasteiger charge is -2.17. The van der Waals surface area contributed by atoms with Crippen LogP contribution in [0.1, 0.15) is 24.4 Å². The topological polar surface area (TPSA) is 78.3 Å². The Hall–Kier alpha value is -3.99. The third-order valence-corrected chi connectivity index (χ3v) is 6.14. The highest BCUT2D eigenvalue weighted by atomic mass is 32.2. The molecule has 0 radical (unpaired) electrons. The molecule has 1 N–H and O–H groups in total. The molecule has 3 aromatic carbocycles. The Bertz CT molecular complexity index is 1350. The number of para-hydroxylation sites is 1. The summed E-state index contributed by atoms with van der Waals surface area (Å²) in [4.78, 5) is 12.5. The van der Waals surface area contributed by atoms with Crippen molar-refractivity contribution in [1.82, 2.24) is 14.8 Å². The first kappa shape index (κ1) is 26.1. The molecule has 0 saturated heterocycles. The van der Waals surface area contributed by atoms with E-state index in [4.69, 9.17) is 9.47 Å². The van der Waals surface area contributed by atoms with E-state index >= 15 is 0 Å². The molecular formula is C26H23F3N4O3S. The molecule has 4 rings (SSSR count). The number of alkyl halides is 3. The van der Waals surface area contributed by atoms with E-state index in [0.29, 0.717) is 22.5 Å². The van der Waals surface area contributed by atoms with Crippen LogP contribution in [0, 0.1) is 0 Å². The molecule has 4 aromatic rings. The predicted molar refractivity (Wildman–Crippen MR) is 134 cm³/mol. The van der Waals surface area contributed by atoms with Crippen LogP contribution in [0.2, 0.25) is 0 Å². The summed E-state index contributed by atoms with van der Waals surface area (Å²) < 4.78 is 51.9. The molecular weight excluding hydrogens is 505 g/mol. The van der Waals surface area contributed by atoms with Gasteiger partial charge >= 0.3 is 6.18 Å². The number of thioether (sulfide) groups is 1. The Labute approximate surface area is 215 Å². The third kappa shape index (κ3) is 6.62. The van der Waals surface area contributed by atoms with Crippen molar-refractivity contribution in [3.63, 3.8) is 0 Å². The Morgan fingerprint density at radius 1 is 1.00 bits per heavy atom. The van der Waals surface area contributed by atoms with E-state index in [1.54, 1.807) is 35.9 Å². The molecule has 1 amide bonds. The standard InChI is InChI=1S/C26H23F3N4O3S/c1-17(36-22-13-11-21(35-2)12-14-22)24-31-32-25(33(24)20-9-4-3-5-10-20)37-16-23(34)30-19-8-6-7-18(15-19)26(27,28)29/h3-15,17H,16H2,1-2H3,(H,30,34). The Balaban J connectivity index is 1.51. The second-order valence-corrected chi connectivity index (χ2v) is 8.81. The van der Waals surface area contributed by atoms with E-state index in [9.17, 15) is 18.0 Å². The van der Waals surface area contributed by atoms with Crippen LogP contribution in [0.4, 0.5) is 18.9 Å². The first-order valence-corrected chi connectivity index (χ1v) is 12.1. The van der Waals surface area contributed by atoms with E-state index in [2.05, 4.69) is 15.5 Å². The number of ether oxygens (including phenoxy) is 2. The van der Waals surface area contributed by atoms with E-state index in [1.165, 1.54) is 12.1 Å². The molecule has 1 aromatic heterocycles. The summed E-state index contributed by atoms with van der Waals surface area (Å²) in [6.45, 7) is 1.84. The van der Waals surface area contributed by atoms with Gasteiger partial charge in [-0.15, -0.1) is 10.2 Å². The van der Waals surface area contributed by atoms with Crippen LogP contribution in [0.3, 0.4) is 0 Å². The van der Waals surface area contributed by atoms with Crippen molar-refractivity contribution in [2.24, 2.45) is 0 Å². The number of amides is 1. The zero-order valence-corrected chi connectivity index (χ0v) is 20.7. The number of hydrogen-bond acceptors (Lipinski definition) is 6. The van der Waals surface area contributed by atoms with E-state index in [0.717, 1.165) is 29.6 Å². The maximum Gasteiger partial charge on any atom is 0.416 e. The molecule has 192 valence electrons. The first-order valence-electron chi connectivity index (χ1n) is 11.2. The zero-order valence-electron chi connectivity index (χ0n) is 19.9. The maximum atomic E-state index is 13.0. The lowest BCUT2D eigenvalue weighted by atomic mass is 10.2. The monoisotopic (exact) mass is 528 g/mol. The van der Waals surface area contributed by atoms with Gasteiger partial charge in [-0.1, -0.05) is 36.0 Å². The number of aromatic nitrogens is 3. The second-order valence-electron chi connectivity index (χ2n) is 7.86. The van der Waals surface area contributed by atoms with Crippen LogP contribution in [-0.4, -0.2) is 33.5 Å². The number of methoxy groups -OCH3 is 1. The van der Waals surface area contributed by atoms with E-state index in [1.807, 2.05) is 37.3 Å². The number of hydrogen-bond donors (Lipinski definition) is 1. The van der Waals surface area contributed by atoms with Crippen LogP contribution >= 0.6 is 11.8 Å². The number of benzene rings is 3.